The molecule has 2 N–H and O–H groups in total. The second-order valence-corrected chi connectivity index (χ2v) is 13.7. The topological polar surface area (TPSA) is 93.4 Å². The van der Waals surface area contributed by atoms with Crippen molar-refractivity contribution in [3.05, 3.63) is 82.7 Å². The smallest absolute Gasteiger partial charge is 0.249 e. The van der Waals surface area contributed by atoms with Gasteiger partial charge in [-0.1, -0.05) is 51.8 Å². The molecular formula is C37H48N6O3S. The molecule has 1 saturated carbocycles. The van der Waals surface area contributed by atoms with Gasteiger partial charge in [-0.3, -0.25) is 14.2 Å². The molecule has 10 heteroatoms. The van der Waals surface area contributed by atoms with E-state index in [1.54, 1.807) is 30.2 Å². The van der Waals surface area contributed by atoms with Crippen molar-refractivity contribution >= 4 is 39.8 Å². The largest absolute Gasteiger partial charge is 0.497 e. The van der Waals surface area contributed by atoms with E-state index >= 15 is 0 Å². The fourth-order valence-corrected chi connectivity index (χ4v) is 7.25. The van der Waals surface area contributed by atoms with Gasteiger partial charge in [0.2, 0.25) is 5.91 Å². The quantitative estimate of drug-likeness (QED) is 0.206. The molecule has 1 aliphatic heterocycles. The Hall–Kier alpha value is -4.15. The first-order valence-corrected chi connectivity index (χ1v) is 17.6. The summed E-state index contributed by atoms with van der Waals surface area (Å²) >= 11 is -1.41. The van der Waals surface area contributed by atoms with E-state index in [1.165, 1.54) is 30.2 Å². The third-order valence-corrected chi connectivity index (χ3v) is 10.1. The van der Waals surface area contributed by atoms with Gasteiger partial charge in [0, 0.05) is 54.4 Å². The van der Waals surface area contributed by atoms with Gasteiger partial charge in [0.15, 0.2) is 11.2 Å². The lowest BCUT2D eigenvalue weighted by Gasteiger charge is -2.24. The van der Waals surface area contributed by atoms with Gasteiger partial charge in [-0.15, -0.1) is 0 Å². The van der Waals surface area contributed by atoms with Crippen molar-refractivity contribution < 1.29 is 13.7 Å². The Morgan fingerprint density at radius 2 is 1.85 bits per heavy atom. The number of amides is 1. The summed E-state index contributed by atoms with van der Waals surface area (Å²) in [5, 5.41) is 8.76. The maximum absolute atomic E-state index is 13.9. The van der Waals surface area contributed by atoms with Gasteiger partial charge in [-0.05, 0) is 73.2 Å². The average Bonchev–Trinajstić information content (AvgIpc) is 3.51. The highest BCUT2D eigenvalue weighted by molar-refractivity contribution is 7.80. The van der Waals surface area contributed by atoms with Crippen LogP contribution in [0.15, 0.2) is 54.6 Å². The summed E-state index contributed by atoms with van der Waals surface area (Å²) in [4.78, 5) is 13.9. The molecule has 2 aromatic carbocycles. The van der Waals surface area contributed by atoms with Crippen molar-refractivity contribution in [2.75, 3.05) is 21.2 Å². The molecule has 1 aliphatic carbocycles. The number of hydrogen-bond acceptors (Lipinski definition) is 4. The predicted molar refractivity (Wildman–Crippen MR) is 193 cm³/mol. The van der Waals surface area contributed by atoms with E-state index in [0.717, 1.165) is 57.9 Å². The van der Waals surface area contributed by atoms with Crippen molar-refractivity contribution in [2.45, 2.75) is 71.9 Å². The summed E-state index contributed by atoms with van der Waals surface area (Å²) < 4.78 is 26.9. The molecule has 0 radical (unpaired) electrons. The van der Waals surface area contributed by atoms with E-state index in [0.29, 0.717) is 30.3 Å². The van der Waals surface area contributed by atoms with Crippen molar-refractivity contribution in [1.29, 1.82) is 0 Å². The Balaban J connectivity index is 0.00000213. The Kier molecular flexibility index (Phi) is 10.7. The molecule has 3 heterocycles. The van der Waals surface area contributed by atoms with Crippen LogP contribution in [0, 0.1) is 6.92 Å². The van der Waals surface area contributed by atoms with E-state index in [1.807, 2.05) is 52.1 Å². The number of nitrogens with zero attached hydrogens (tertiary/aromatic N) is 4. The fraction of sp³-hybridized carbons (Fsp3) is 0.405. The van der Waals surface area contributed by atoms with Gasteiger partial charge >= 0.3 is 0 Å². The van der Waals surface area contributed by atoms with Crippen LogP contribution in [0.2, 0.25) is 0 Å². The van der Waals surface area contributed by atoms with Gasteiger partial charge in [-0.25, -0.2) is 8.51 Å². The number of hydrogen-bond donors (Lipinski definition) is 2. The van der Waals surface area contributed by atoms with Crippen LogP contribution in [0.3, 0.4) is 0 Å². The molecule has 1 atom stereocenters. The molecule has 9 nitrogen and oxygen atoms in total. The summed E-state index contributed by atoms with van der Waals surface area (Å²) in [7, 11) is 7.07. The number of carbonyl (C=O) groups is 1. The van der Waals surface area contributed by atoms with E-state index in [9.17, 15) is 9.00 Å². The lowest BCUT2D eigenvalue weighted by atomic mass is 9.81. The average molecular weight is 657 g/mol. The fourth-order valence-electron chi connectivity index (χ4n) is 6.74. The Bertz CT molecular complexity index is 1840. The highest BCUT2D eigenvalue weighted by Gasteiger charge is 2.30. The minimum Gasteiger partial charge on any atom is -0.497 e. The van der Waals surface area contributed by atoms with Crippen LogP contribution in [0.25, 0.3) is 33.9 Å². The summed E-state index contributed by atoms with van der Waals surface area (Å²) in [5.74, 6) is 1.04. The Morgan fingerprint density at radius 1 is 1.11 bits per heavy atom. The number of aromatic nitrogens is 3. The van der Waals surface area contributed by atoms with Crippen LogP contribution in [0.1, 0.15) is 79.9 Å². The maximum Gasteiger partial charge on any atom is 0.249 e. The van der Waals surface area contributed by atoms with Gasteiger partial charge in [0.25, 0.3) is 0 Å². The highest BCUT2D eigenvalue weighted by atomic mass is 32.2. The summed E-state index contributed by atoms with van der Waals surface area (Å²) in [6.45, 7) is 10.9. The highest BCUT2D eigenvalue weighted by Crippen LogP contribution is 2.47. The first-order chi connectivity index (χ1) is 22.6. The van der Waals surface area contributed by atoms with E-state index in [2.05, 4.69) is 50.5 Å². The van der Waals surface area contributed by atoms with E-state index in [4.69, 9.17) is 4.74 Å². The molecule has 250 valence electrons. The minimum atomic E-state index is -1.41. The zero-order valence-corrected chi connectivity index (χ0v) is 29.6. The molecule has 4 aromatic rings. The predicted octanol–water partition coefficient (Wildman–Crippen LogP) is 6.85. The van der Waals surface area contributed by atoms with Crippen LogP contribution >= 0.6 is 0 Å². The van der Waals surface area contributed by atoms with Crippen LogP contribution < -0.4 is 14.8 Å². The standard InChI is InChI=1S/C35H42N6O3S.C2H6/c1-22-16-28(40(5)37-22)20-36-35(42)27-17-26-18-29(44-6)13-15-30(26)34-33(24-10-8-7-9-11-24)31-14-12-25(19-32(31)41(34)21-27)23(2)38-45(43)39(3)4;1-2/h12-19,24,38H,2,7-11,20-21H2,1,3-6H3,(H,36,42);1-2H3. The summed E-state index contributed by atoms with van der Waals surface area (Å²) in [5.41, 5.74) is 9.53. The zero-order chi connectivity index (χ0) is 33.8. The van der Waals surface area contributed by atoms with Crippen LogP contribution in [-0.2, 0) is 36.1 Å². The number of nitrogens with one attached hydrogen (secondary N) is 2. The summed E-state index contributed by atoms with van der Waals surface area (Å²) in [6.07, 6.45) is 7.97. The van der Waals surface area contributed by atoms with Gasteiger partial charge in [0.1, 0.15) is 5.75 Å². The van der Waals surface area contributed by atoms with Crippen molar-refractivity contribution in [3.63, 3.8) is 0 Å². The molecule has 1 fully saturated rings. The molecule has 6 rings (SSSR count). The molecular weight excluding hydrogens is 609 g/mol. The van der Waals surface area contributed by atoms with Gasteiger partial charge < -0.3 is 14.6 Å². The molecule has 2 aliphatic rings. The number of aryl methyl sites for hydroxylation is 2. The molecule has 0 spiro atoms. The first kappa shape index (κ1) is 34.2. The Morgan fingerprint density at radius 3 is 2.51 bits per heavy atom. The van der Waals surface area contributed by atoms with Gasteiger partial charge in [0.05, 0.1) is 37.3 Å². The molecule has 0 saturated heterocycles. The number of fused-ring (bicyclic) bond motifs is 5. The third-order valence-electron chi connectivity index (χ3n) is 9.00. The first-order valence-electron chi connectivity index (χ1n) is 16.5. The van der Waals surface area contributed by atoms with Crippen LogP contribution in [0.5, 0.6) is 5.75 Å². The van der Waals surface area contributed by atoms with Gasteiger partial charge in [-0.2, -0.15) is 5.10 Å². The van der Waals surface area contributed by atoms with E-state index in [-0.39, 0.29) is 5.91 Å². The van der Waals surface area contributed by atoms with Crippen molar-refractivity contribution in [1.82, 2.24) is 28.7 Å². The maximum atomic E-state index is 13.9. The molecule has 2 aromatic heterocycles. The Labute approximate surface area is 281 Å². The number of ether oxygens (including phenoxy) is 1. The number of methoxy groups -OCH3 is 1. The summed E-state index contributed by atoms with van der Waals surface area (Å²) in [6, 6.07) is 14.5. The lowest BCUT2D eigenvalue weighted by molar-refractivity contribution is -0.117. The number of carbonyl (C=O) groups excluding carboxylic acids is 1. The van der Waals surface area contributed by atoms with Crippen molar-refractivity contribution in [3.8, 4) is 17.0 Å². The van der Waals surface area contributed by atoms with E-state index < -0.39 is 11.2 Å². The molecule has 0 bridgehead atoms. The number of benzene rings is 2. The number of rotatable bonds is 9. The second kappa shape index (κ2) is 14.7. The normalized spacial score (nSPS) is 15.1. The van der Waals surface area contributed by atoms with Crippen LogP contribution in [-0.4, -0.2) is 50.0 Å². The zero-order valence-electron chi connectivity index (χ0n) is 28.8. The molecule has 47 heavy (non-hydrogen) atoms. The third kappa shape index (κ3) is 7.09. The van der Waals surface area contributed by atoms with Crippen LogP contribution in [0.4, 0.5) is 0 Å². The second-order valence-electron chi connectivity index (χ2n) is 12.3. The lowest BCUT2D eigenvalue weighted by Crippen LogP contribution is -2.27. The minimum absolute atomic E-state index is 0.125. The van der Waals surface area contributed by atoms with Crippen molar-refractivity contribution in [2.24, 2.45) is 7.05 Å². The molecule has 1 amide bonds. The monoisotopic (exact) mass is 656 g/mol. The SMILES string of the molecule is C=C(NS(=O)N(C)C)c1ccc2c(C3CCCCC3)c3n(c2c1)CC(C(=O)NCc1cc(C)nn1C)=Cc1cc(OC)ccc1-3.CC. The molecule has 1 unspecified atom stereocenters.